The minimum atomic E-state index is -1.05. The Morgan fingerprint density at radius 3 is 2.12 bits per heavy atom. The molecule has 4 nitrogen and oxygen atoms in total. The third-order valence-electron chi connectivity index (χ3n) is 6.26. The number of carbonyl (C=O) groups excluding carboxylic acids is 1. The van der Waals surface area contributed by atoms with Crippen LogP contribution in [-0.4, -0.2) is 48.0 Å². The van der Waals surface area contributed by atoms with Gasteiger partial charge in [-0.05, 0) is 43.6 Å². The van der Waals surface area contributed by atoms with Gasteiger partial charge in [0.05, 0.1) is 0 Å². The molecule has 0 N–H and O–H groups in total. The highest BCUT2D eigenvalue weighted by Crippen LogP contribution is 2.28. The fraction of sp³-hybridized carbons (Fsp3) is 0.458. The van der Waals surface area contributed by atoms with Crippen LogP contribution >= 0.6 is 11.6 Å². The average Bonchev–Trinajstić information content (AvgIpc) is 2.78. The molecule has 32 heavy (non-hydrogen) atoms. The van der Waals surface area contributed by atoms with Gasteiger partial charge >= 0.3 is 0 Å². The van der Waals surface area contributed by atoms with Crippen molar-refractivity contribution < 1.29 is 22.7 Å². The van der Waals surface area contributed by atoms with Gasteiger partial charge in [-0.25, -0.2) is 13.2 Å². The molecule has 1 amide bonds. The quantitative estimate of drug-likeness (QED) is 0.619. The van der Waals surface area contributed by atoms with Gasteiger partial charge in [-0.1, -0.05) is 23.7 Å². The molecule has 172 valence electrons. The minimum absolute atomic E-state index is 0.000855. The first-order chi connectivity index (χ1) is 15.4. The first-order valence-corrected chi connectivity index (χ1v) is 11.3. The van der Waals surface area contributed by atoms with E-state index in [0.29, 0.717) is 38.1 Å². The molecular formula is C24H26ClF3N2O2. The van der Waals surface area contributed by atoms with Crippen molar-refractivity contribution in [3.63, 3.8) is 0 Å². The number of benzene rings is 2. The summed E-state index contributed by atoms with van der Waals surface area (Å²) in [5.41, 5.74) is 1.20. The van der Waals surface area contributed by atoms with Crippen molar-refractivity contribution in [1.82, 2.24) is 9.80 Å². The van der Waals surface area contributed by atoms with Crippen molar-refractivity contribution in [3.05, 3.63) is 64.4 Å². The Morgan fingerprint density at radius 1 is 0.938 bits per heavy atom. The van der Waals surface area contributed by atoms with E-state index in [1.54, 1.807) is 0 Å². The third-order valence-corrected chi connectivity index (χ3v) is 6.51. The second-order valence-electron chi connectivity index (χ2n) is 8.52. The molecule has 2 saturated heterocycles. The van der Waals surface area contributed by atoms with Crippen LogP contribution in [0.3, 0.4) is 0 Å². The number of hydrogen-bond acceptors (Lipinski definition) is 3. The number of ether oxygens (including phenoxy) is 1. The van der Waals surface area contributed by atoms with Gasteiger partial charge < -0.3 is 9.64 Å². The van der Waals surface area contributed by atoms with Crippen LogP contribution in [-0.2, 0) is 11.3 Å². The summed E-state index contributed by atoms with van der Waals surface area (Å²) in [4.78, 5) is 17.1. The molecule has 0 atom stereocenters. The lowest BCUT2D eigenvalue weighted by Gasteiger charge is -2.37. The van der Waals surface area contributed by atoms with Crippen molar-refractivity contribution in [1.29, 1.82) is 0 Å². The van der Waals surface area contributed by atoms with Crippen molar-refractivity contribution in [2.24, 2.45) is 5.92 Å². The Hall–Kier alpha value is -2.25. The standard InChI is InChI=1S/C24H26ClF3N2O2/c25-18-3-1-16(2-4-18)15-29-9-5-17(6-10-29)24(31)30-11-7-20(8-12-30)32-23-21(27)13-19(26)14-22(23)28/h1-4,13-14,17,20H,5-12,15H2. The number of piperidine rings is 2. The van der Waals surface area contributed by atoms with Crippen molar-refractivity contribution >= 4 is 17.5 Å². The maximum atomic E-state index is 13.8. The molecular weight excluding hydrogens is 441 g/mol. The summed E-state index contributed by atoms with van der Waals surface area (Å²) in [6, 6.07) is 9.04. The summed E-state index contributed by atoms with van der Waals surface area (Å²) in [6.07, 6.45) is 2.19. The number of hydrogen-bond donors (Lipinski definition) is 0. The zero-order valence-electron chi connectivity index (χ0n) is 17.7. The van der Waals surface area contributed by atoms with Crippen molar-refractivity contribution in [2.75, 3.05) is 26.2 Å². The van der Waals surface area contributed by atoms with E-state index in [1.807, 2.05) is 29.2 Å². The van der Waals surface area contributed by atoms with E-state index in [1.165, 1.54) is 5.56 Å². The average molecular weight is 467 g/mol. The topological polar surface area (TPSA) is 32.8 Å². The summed E-state index contributed by atoms with van der Waals surface area (Å²) in [5, 5.41) is 0.722. The maximum Gasteiger partial charge on any atom is 0.225 e. The maximum absolute atomic E-state index is 13.8. The monoisotopic (exact) mass is 466 g/mol. The molecule has 4 rings (SSSR count). The molecule has 0 spiro atoms. The van der Waals surface area contributed by atoms with Crippen LogP contribution in [0.4, 0.5) is 13.2 Å². The van der Waals surface area contributed by atoms with Gasteiger partial charge in [0, 0.05) is 55.5 Å². The lowest BCUT2D eigenvalue weighted by Crippen LogP contribution is -2.47. The first kappa shape index (κ1) is 22.9. The molecule has 2 aromatic rings. The van der Waals surface area contributed by atoms with E-state index >= 15 is 0 Å². The Balaban J connectivity index is 1.23. The van der Waals surface area contributed by atoms with E-state index in [0.717, 1.165) is 37.5 Å². The molecule has 2 fully saturated rings. The molecule has 0 aromatic heterocycles. The summed E-state index contributed by atoms with van der Waals surface area (Å²) >= 11 is 5.94. The molecule has 2 aliphatic heterocycles. The first-order valence-electron chi connectivity index (χ1n) is 11.0. The van der Waals surface area contributed by atoms with Gasteiger partial charge in [0.2, 0.25) is 5.91 Å². The molecule has 8 heteroatoms. The zero-order chi connectivity index (χ0) is 22.7. The fourth-order valence-electron chi connectivity index (χ4n) is 4.45. The highest BCUT2D eigenvalue weighted by Gasteiger charge is 2.32. The van der Waals surface area contributed by atoms with Gasteiger partial charge in [0.25, 0.3) is 0 Å². The normalized spacial score (nSPS) is 18.7. The fourth-order valence-corrected chi connectivity index (χ4v) is 4.57. The highest BCUT2D eigenvalue weighted by atomic mass is 35.5. The summed E-state index contributed by atoms with van der Waals surface area (Å²) in [6.45, 7) is 3.54. The smallest absolute Gasteiger partial charge is 0.225 e. The van der Waals surface area contributed by atoms with Crippen LogP contribution in [0.1, 0.15) is 31.2 Å². The Labute approximate surface area is 190 Å². The summed E-state index contributed by atoms with van der Waals surface area (Å²) in [7, 11) is 0. The van der Waals surface area contributed by atoms with E-state index in [-0.39, 0.29) is 11.8 Å². The van der Waals surface area contributed by atoms with Crippen LogP contribution in [0.15, 0.2) is 36.4 Å². The minimum Gasteiger partial charge on any atom is -0.484 e. The number of likely N-dealkylation sites (tertiary alicyclic amines) is 2. The lowest BCUT2D eigenvalue weighted by atomic mass is 9.93. The molecule has 2 aliphatic rings. The number of halogens is 4. The molecule has 0 aliphatic carbocycles. The van der Waals surface area contributed by atoms with E-state index < -0.39 is 29.3 Å². The van der Waals surface area contributed by atoms with Gasteiger partial charge in [-0.15, -0.1) is 0 Å². The van der Waals surface area contributed by atoms with Gasteiger partial charge in [0.15, 0.2) is 17.4 Å². The second kappa shape index (κ2) is 10.1. The van der Waals surface area contributed by atoms with Crippen LogP contribution in [0.2, 0.25) is 5.02 Å². The second-order valence-corrected chi connectivity index (χ2v) is 8.95. The van der Waals surface area contributed by atoms with Crippen LogP contribution < -0.4 is 4.74 Å². The van der Waals surface area contributed by atoms with Crippen LogP contribution in [0, 0.1) is 23.4 Å². The predicted octanol–water partition coefficient (Wildman–Crippen LogP) is 5.04. The predicted molar refractivity (Wildman–Crippen MR) is 116 cm³/mol. The zero-order valence-corrected chi connectivity index (χ0v) is 18.5. The molecule has 0 radical (unpaired) electrons. The van der Waals surface area contributed by atoms with Crippen LogP contribution in [0.5, 0.6) is 5.75 Å². The number of nitrogens with zero attached hydrogens (tertiary/aromatic N) is 2. The summed E-state index contributed by atoms with van der Waals surface area (Å²) in [5.74, 6) is -3.48. The lowest BCUT2D eigenvalue weighted by molar-refractivity contribution is -0.139. The third kappa shape index (κ3) is 5.56. The van der Waals surface area contributed by atoms with E-state index in [9.17, 15) is 18.0 Å². The number of rotatable bonds is 5. The van der Waals surface area contributed by atoms with Gasteiger partial charge in [-0.3, -0.25) is 9.69 Å². The van der Waals surface area contributed by atoms with Crippen molar-refractivity contribution in [2.45, 2.75) is 38.3 Å². The Morgan fingerprint density at radius 2 is 1.53 bits per heavy atom. The van der Waals surface area contributed by atoms with Gasteiger partial charge in [-0.2, -0.15) is 0 Å². The van der Waals surface area contributed by atoms with E-state index in [2.05, 4.69) is 4.90 Å². The largest absolute Gasteiger partial charge is 0.484 e. The molecule has 0 saturated carbocycles. The number of amides is 1. The number of carbonyl (C=O) groups is 1. The molecule has 2 heterocycles. The molecule has 0 bridgehead atoms. The Bertz CT molecular complexity index is 918. The van der Waals surface area contributed by atoms with Crippen molar-refractivity contribution in [3.8, 4) is 5.75 Å². The Kier molecular flexibility index (Phi) is 7.26. The molecule has 0 unspecified atom stereocenters. The molecule has 2 aromatic carbocycles. The highest BCUT2D eigenvalue weighted by molar-refractivity contribution is 6.30. The van der Waals surface area contributed by atoms with Gasteiger partial charge in [0.1, 0.15) is 11.9 Å². The summed E-state index contributed by atoms with van der Waals surface area (Å²) < 4.78 is 46.2. The SMILES string of the molecule is O=C(C1CCN(Cc2ccc(Cl)cc2)CC1)N1CCC(Oc2c(F)cc(F)cc2F)CC1. The van der Waals surface area contributed by atoms with Crippen LogP contribution in [0.25, 0.3) is 0 Å². The van der Waals surface area contributed by atoms with E-state index in [4.69, 9.17) is 16.3 Å².